The fourth-order valence-corrected chi connectivity index (χ4v) is 5.01. The maximum Gasteiger partial charge on any atom is 0.179 e. The van der Waals surface area contributed by atoms with Crippen LogP contribution >= 0.6 is 0 Å². The van der Waals surface area contributed by atoms with E-state index in [1.807, 2.05) is 56.1 Å². The molecule has 0 N–H and O–H groups in total. The molecule has 0 radical (unpaired) electrons. The summed E-state index contributed by atoms with van der Waals surface area (Å²) in [6.45, 7) is 4.95. The van der Waals surface area contributed by atoms with Gasteiger partial charge in [-0.3, -0.25) is 0 Å². The first-order valence-corrected chi connectivity index (χ1v) is 11.0. The van der Waals surface area contributed by atoms with E-state index in [4.69, 9.17) is 4.74 Å². The normalized spacial score (nSPS) is 11.9. The van der Waals surface area contributed by atoms with Crippen molar-refractivity contribution in [3.8, 4) is 5.75 Å². The van der Waals surface area contributed by atoms with Crippen molar-refractivity contribution in [2.24, 2.45) is 0 Å². The minimum atomic E-state index is -3.30. The lowest BCUT2D eigenvalue weighted by Gasteiger charge is -2.18. The topological polar surface area (TPSA) is 46.6 Å². The SMILES string of the molecule is COc1ccc2cc(CN(C)CCS(=O)(=O)c3cc(C)ccc3C)ccc2c1. The fraction of sp³-hybridized carbons (Fsp3) is 0.304. The smallest absolute Gasteiger partial charge is 0.179 e. The van der Waals surface area contributed by atoms with Gasteiger partial charge in [-0.25, -0.2) is 8.42 Å². The van der Waals surface area contributed by atoms with Gasteiger partial charge in [0, 0.05) is 13.1 Å². The second-order valence-electron chi connectivity index (χ2n) is 7.37. The molecule has 5 heteroatoms. The molecule has 0 bridgehead atoms. The number of benzene rings is 3. The molecule has 0 aromatic heterocycles. The van der Waals surface area contributed by atoms with Gasteiger partial charge in [0.15, 0.2) is 9.84 Å². The van der Waals surface area contributed by atoms with Crippen molar-refractivity contribution in [3.63, 3.8) is 0 Å². The van der Waals surface area contributed by atoms with Crippen LogP contribution in [0.4, 0.5) is 0 Å². The molecule has 0 amide bonds. The number of rotatable bonds is 7. The third-order valence-electron chi connectivity index (χ3n) is 4.98. The molecular formula is C23H27NO3S. The largest absolute Gasteiger partial charge is 0.497 e. The molecule has 0 spiro atoms. The summed E-state index contributed by atoms with van der Waals surface area (Å²) in [5.41, 5.74) is 2.92. The molecule has 0 aliphatic carbocycles. The fourth-order valence-electron chi connectivity index (χ4n) is 3.32. The van der Waals surface area contributed by atoms with E-state index in [-0.39, 0.29) is 5.75 Å². The van der Waals surface area contributed by atoms with Crippen LogP contribution in [0.25, 0.3) is 10.8 Å². The van der Waals surface area contributed by atoms with Crippen LogP contribution in [0, 0.1) is 13.8 Å². The maximum absolute atomic E-state index is 12.8. The minimum Gasteiger partial charge on any atom is -0.497 e. The molecule has 0 unspecified atom stereocenters. The Bertz CT molecular complexity index is 1090. The molecule has 0 heterocycles. The quantitative estimate of drug-likeness (QED) is 0.594. The predicted molar refractivity (Wildman–Crippen MR) is 115 cm³/mol. The van der Waals surface area contributed by atoms with Crippen molar-refractivity contribution >= 4 is 20.6 Å². The Morgan fingerprint density at radius 1 is 0.929 bits per heavy atom. The van der Waals surface area contributed by atoms with Gasteiger partial charge in [0.2, 0.25) is 0 Å². The highest BCUT2D eigenvalue weighted by Crippen LogP contribution is 2.23. The standard InChI is InChI=1S/C23H27NO3S/c1-17-5-6-18(2)23(13-17)28(25,26)12-11-24(3)16-19-7-8-21-15-22(27-4)10-9-20(21)14-19/h5-10,13-15H,11-12,16H2,1-4H3. The van der Waals surface area contributed by atoms with E-state index in [1.54, 1.807) is 13.2 Å². The summed E-state index contributed by atoms with van der Waals surface area (Å²) in [5, 5.41) is 2.28. The summed E-state index contributed by atoms with van der Waals surface area (Å²) < 4.78 is 30.8. The zero-order chi connectivity index (χ0) is 20.3. The number of ether oxygens (including phenoxy) is 1. The lowest BCUT2D eigenvalue weighted by atomic mass is 10.1. The number of fused-ring (bicyclic) bond motifs is 1. The molecule has 148 valence electrons. The zero-order valence-electron chi connectivity index (χ0n) is 16.9. The molecular weight excluding hydrogens is 370 g/mol. The van der Waals surface area contributed by atoms with Gasteiger partial charge in [-0.2, -0.15) is 0 Å². The highest BCUT2D eigenvalue weighted by molar-refractivity contribution is 7.91. The average molecular weight is 398 g/mol. The summed E-state index contributed by atoms with van der Waals surface area (Å²) >= 11 is 0. The average Bonchev–Trinajstić information content (AvgIpc) is 2.68. The first-order chi connectivity index (χ1) is 13.3. The third-order valence-corrected chi connectivity index (χ3v) is 6.81. The van der Waals surface area contributed by atoms with Crippen LogP contribution in [0.15, 0.2) is 59.5 Å². The Labute approximate surface area is 167 Å². The van der Waals surface area contributed by atoms with Gasteiger partial charge in [-0.15, -0.1) is 0 Å². The van der Waals surface area contributed by atoms with Crippen LogP contribution in [-0.2, 0) is 16.4 Å². The minimum absolute atomic E-state index is 0.110. The van der Waals surface area contributed by atoms with Crippen LogP contribution in [0.1, 0.15) is 16.7 Å². The lowest BCUT2D eigenvalue weighted by Crippen LogP contribution is -2.25. The predicted octanol–water partition coefficient (Wildman–Crippen LogP) is 4.37. The van der Waals surface area contributed by atoms with Crippen molar-refractivity contribution < 1.29 is 13.2 Å². The zero-order valence-corrected chi connectivity index (χ0v) is 17.7. The monoisotopic (exact) mass is 397 g/mol. The molecule has 3 aromatic rings. The van der Waals surface area contributed by atoms with E-state index >= 15 is 0 Å². The summed E-state index contributed by atoms with van der Waals surface area (Å²) in [4.78, 5) is 2.49. The number of aryl methyl sites for hydroxylation is 2. The highest BCUT2D eigenvalue weighted by atomic mass is 32.2. The van der Waals surface area contributed by atoms with Gasteiger partial charge in [-0.1, -0.05) is 30.3 Å². The lowest BCUT2D eigenvalue weighted by molar-refractivity contribution is 0.346. The molecule has 0 saturated heterocycles. The van der Waals surface area contributed by atoms with E-state index < -0.39 is 9.84 Å². The molecule has 0 aliphatic rings. The van der Waals surface area contributed by atoms with Crippen LogP contribution in [0.5, 0.6) is 5.75 Å². The van der Waals surface area contributed by atoms with Crippen LogP contribution < -0.4 is 4.74 Å². The van der Waals surface area contributed by atoms with Crippen molar-refractivity contribution in [2.75, 3.05) is 26.5 Å². The summed E-state index contributed by atoms with van der Waals surface area (Å²) in [7, 11) is 0.320. The summed E-state index contributed by atoms with van der Waals surface area (Å²) in [6.07, 6.45) is 0. The van der Waals surface area contributed by atoms with Crippen LogP contribution in [0.2, 0.25) is 0 Å². The number of hydrogen-bond donors (Lipinski definition) is 0. The Balaban J connectivity index is 1.67. The molecule has 3 rings (SSSR count). The molecule has 0 saturated carbocycles. The Hall–Kier alpha value is -2.37. The molecule has 0 atom stereocenters. The Morgan fingerprint density at radius 3 is 2.39 bits per heavy atom. The van der Waals surface area contributed by atoms with Gasteiger partial charge in [0.1, 0.15) is 5.75 Å². The van der Waals surface area contributed by atoms with Gasteiger partial charge in [0.25, 0.3) is 0 Å². The molecule has 0 aliphatic heterocycles. The van der Waals surface area contributed by atoms with Gasteiger partial charge < -0.3 is 9.64 Å². The molecule has 4 nitrogen and oxygen atoms in total. The Kier molecular flexibility index (Phi) is 6.06. The summed E-state index contributed by atoms with van der Waals surface area (Å²) in [6, 6.07) is 17.9. The molecule has 0 fully saturated rings. The van der Waals surface area contributed by atoms with Crippen molar-refractivity contribution in [1.29, 1.82) is 0 Å². The maximum atomic E-state index is 12.8. The number of sulfone groups is 1. The molecule has 3 aromatic carbocycles. The van der Waals surface area contributed by atoms with E-state index in [2.05, 4.69) is 18.2 Å². The number of methoxy groups -OCH3 is 1. The van der Waals surface area contributed by atoms with Crippen molar-refractivity contribution in [1.82, 2.24) is 4.90 Å². The first kappa shape index (κ1) is 20.4. The Morgan fingerprint density at radius 2 is 1.64 bits per heavy atom. The van der Waals surface area contributed by atoms with E-state index in [0.717, 1.165) is 33.2 Å². The third kappa shape index (κ3) is 4.72. The van der Waals surface area contributed by atoms with Crippen molar-refractivity contribution in [3.05, 3.63) is 71.3 Å². The highest BCUT2D eigenvalue weighted by Gasteiger charge is 2.18. The second-order valence-corrected chi connectivity index (χ2v) is 9.45. The van der Waals surface area contributed by atoms with Gasteiger partial charge in [-0.05, 0) is 72.6 Å². The van der Waals surface area contributed by atoms with E-state index in [9.17, 15) is 8.42 Å². The number of hydrogen-bond acceptors (Lipinski definition) is 4. The van der Waals surface area contributed by atoms with Crippen molar-refractivity contribution in [2.45, 2.75) is 25.3 Å². The van der Waals surface area contributed by atoms with E-state index in [0.29, 0.717) is 18.0 Å². The van der Waals surface area contributed by atoms with Crippen LogP contribution in [0.3, 0.4) is 0 Å². The first-order valence-electron chi connectivity index (χ1n) is 9.34. The molecule has 28 heavy (non-hydrogen) atoms. The number of nitrogens with zero attached hydrogens (tertiary/aromatic N) is 1. The van der Waals surface area contributed by atoms with Crippen LogP contribution in [-0.4, -0.2) is 39.8 Å². The van der Waals surface area contributed by atoms with Gasteiger partial charge >= 0.3 is 0 Å². The van der Waals surface area contributed by atoms with Gasteiger partial charge in [0.05, 0.1) is 17.8 Å². The van der Waals surface area contributed by atoms with E-state index in [1.165, 1.54) is 0 Å². The second kappa shape index (κ2) is 8.33. The summed E-state index contributed by atoms with van der Waals surface area (Å²) in [5.74, 6) is 0.951.